The van der Waals surface area contributed by atoms with Gasteiger partial charge < -0.3 is 9.26 Å². The molecule has 8 nitrogen and oxygen atoms in total. The number of pyridine rings is 1. The van der Waals surface area contributed by atoms with Gasteiger partial charge in [0.1, 0.15) is 6.10 Å². The molecule has 0 fully saturated rings. The van der Waals surface area contributed by atoms with Crippen molar-refractivity contribution in [1.29, 1.82) is 0 Å². The summed E-state index contributed by atoms with van der Waals surface area (Å²) in [4.78, 5) is 8.43. The Kier molecular flexibility index (Phi) is 3.75. The van der Waals surface area contributed by atoms with Crippen LogP contribution >= 0.6 is 0 Å². The van der Waals surface area contributed by atoms with Crippen LogP contribution < -0.4 is 0 Å². The number of benzene rings is 1. The zero-order valence-corrected chi connectivity index (χ0v) is 14.6. The predicted octanol–water partition coefficient (Wildman–Crippen LogP) is 2.97. The standard InChI is InChI=1S/C19H16N6O2/c1-12-2-4-13(5-3-12)16-10-25-15(11-26-16)17(22-24-25)18-21-19(27-23-18)14-6-8-20-9-7-14/h2-9,16H,10-11H2,1H3. The van der Waals surface area contributed by atoms with Gasteiger partial charge in [-0.05, 0) is 24.6 Å². The van der Waals surface area contributed by atoms with Gasteiger partial charge in [-0.2, -0.15) is 4.98 Å². The zero-order chi connectivity index (χ0) is 18.2. The monoisotopic (exact) mass is 360 g/mol. The van der Waals surface area contributed by atoms with E-state index in [0.29, 0.717) is 30.6 Å². The van der Waals surface area contributed by atoms with Gasteiger partial charge in [0.2, 0.25) is 5.82 Å². The molecule has 134 valence electrons. The molecule has 4 aromatic rings. The van der Waals surface area contributed by atoms with Crippen molar-refractivity contribution in [1.82, 2.24) is 30.1 Å². The topological polar surface area (TPSA) is 91.8 Å². The smallest absolute Gasteiger partial charge is 0.258 e. The summed E-state index contributed by atoms with van der Waals surface area (Å²) in [7, 11) is 0. The summed E-state index contributed by atoms with van der Waals surface area (Å²) in [6.07, 6.45) is 3.31. The Morgan fingerprint density at radius 1 is 1.07 bits per heavy atom. The molecule has 1 aromatic carbocycles. The summed E-state index contributed by atoms with van der Waals surface area (Å²) in [5.74, 6) is 0.823. The second-order valence-corrected chi connectivity index (χ2v) is 6.44. The number of aryl methyl sites for hydroxylation is 1. The second kappa shape index (κ2) is 6.40. The average Bonchev–Trinajstić information content (AvgIpc) is 3.36. The highest BCUT2D eigenvalue weighted by Crippen LogP contribution is 2.30. The summed E-state index contributed by atoms with van der Waals surface area (Å²) in [5.41, 5.74) is 4.59. The van der Waals surface area contributed by atoms with Crippen LogP contribution in [0.25, 0.3) is 23.0 Å². The maximum atomic E-state index is 6.05. The zero-order valence-electron chi connectivity index (χ0n) is 14.6. The van der Waals surface area contributed by atoms with Gasteiger partial charge in [0.05, 0.1) is 18.8 Å². The Balaban J connectivity index is 1.42. The maximum absolute atomic E-state index is 6.05. The van der Waals surface area contributed by atoms with Crippen molar-refractivity contribution in [2.24, 2.45) is 0 Å². The fourth-order valence-electron chi connectivity index (χ4n) is 3.10. The van der Waals surface area contributed by atoms with E-state index in [0.717, 1.165) is 16.8 Å². The maximum Gasteiger partial charge on any atom is 0.258 e. The summed E-state index contributed by atoms with van der Waals surface area (Å²) in [5, 5.41) is 12.6. The molecule has 0 saturated carbocycles. The number of hydrogen-bond acceptors (Lipinski definition) is 7. The van der Waals surface area contributed by atoms with Crippen LogP contribution in [-0.2, 0) is 17.9 Å². The highest BCUT2D eigenvalue weighted by atomic mass is 16.5. The van der Waals surface area contributed by atoms with Gasteiger partial charge in [-0.3, -0.25) is 4.98 Å². The molecule has 5 rings (SSSR count). The molecule has 0 bridgehead atoms. The van der Waals surface area contributed by atoms with E-state index in [2.05, 4.69) is 56.6 Å². The molecule has 0 aliphatic carbocycles. The van der Waals surface area contributed by atoms with E-state index in [1.54, 1.807) is 12.4 Å². The molecule has 27 heavy (non-hydrogen) atoms. The van der Waals surface area contributed by atoms with Crippen LogP contribution in [0.4, 0.5) is 0 Å². The number of hydrogen-bond donors (Lipinski definition) is 0. The molecule has 0 spiro atoms. The van der Waals surface area contributed by atoms with Gasteiger partial charge in [-0.25, -0.2) is 4.68 Å². The molecular formula is C19H16N6O2. The normalized spacial score (nSPS) is 16.3. The van der Waals surface area contributed by atoms with Crippen LogP contribution in [-0.4, -0.2) is 30.1 Å². The third-order valence-electron chi connectivity index (χ3n) is 4.61. The Labute approximate surface area is 154 Å². The van der Waals surface area contributed by atoms with Crippen molar-refractivity contribution in [2.75, 3.05) is 0 Å². The largest absolute Gasteiger partial charge is 0.365 e. The van der Waals surface area contributed by atoms with Crippen molar-refractivity contribution in [2.45, 2.75) is 26.2 Å². The van der Waals surface area contributed by atoms with Crippen molar-refractivity contribution >= 4 is 0 Å². The summed E-state index contributed by atoms with van der Waals surface area (Å²) in [6.45, 7) is 3.05. The Morgan fingerprint density at radius 3 is 2.70 bits per heavy atom. The van der Waals surface area contributed by atoms with Crippen LogP contribution in [0.1, 0.15) is 22.9 Å². The first-order valence-corrected chi connectivity index (χ1v) is 8.63. The highest BCUT2D eigenvalue weighted by Gasteiger charge is 2.27. The van der Waals surface area contributed by atoms with E-state index in [1.807, 2.05) is 16.8 Å². The minimum atomic E-state index is -0.0507. The molecule has 3 aromatic heterocycles. The molecule has 4 heterocycles. The fourth-order valence-corrected chi connectivity index (χ4v) is 3.10. The third kappa shape index (κ3) is 2.89. The summed E-state index contributed by atoms with van der Waals surface area (Å²) < 4.78 is 13.3. The number of rotatable bonds is 3. The molecule has 0 saturated heterocycles. The highest BCUT2D eigenvalue weighted by molar-refractivity contribution is 5.57. The van der Waals surface area contributed by atoms with E-state index in [1.165, 1.54) is 5.56 Å². The number of nitrogens with zero attached hydrogens (tertiary/aromatic N) is 6. The van der Waals surface area contributed by atoms with Crippen molar-refractivity contribution in [3.63, 3.8) is 0 Å². The lowest BCUT2D eigenvalue weighted by Crippen LogP contribution is -2.22. The lowest BCUT2D eigenvalue weighted by Gasteiger charge is -2.24. The first kappa shape index (κ1) is 15.8. The molecule has 0 radical (unpaired) electrons. The lowest BCUT2D eigenvalue weighted by molar-refractivity contribution is -0.00112. The molecule has 8 heteroatoms. The lowest BCUT2D eigenvalue weighted by atomic mass is 10.1. The van der Waals surface area contributed by atoms with Crippen LogP contribution in [0, 0.1) is 6.92 Å². The predicted molar refractivity (Wildman–Crippen MR) is 95.3 cm³/mol. The van der Waals surface area contributed by atoms with E-state index in [-0.39, 0.29) is 6.10 Å². The average molecular weight is 360 g/mol. The van der Waals surface area contributed by atoms with Crippen molar-refractivity contribution in [3.8, 4) is 23.0 Å². The number of ether oxygens (including phenoxy) is 1. The molecule has 0 N–H and O–H groups in total. The van der Waals surface area contributed by atoms with Crippen LogP contribution in [0.2, 0.25) is 0 Å². The molecular weight excluding hydrogens is 344 g/mol. The van der Waals surface area contributed by atoms with Crippen LogP contribution in [0.5, 0.6) is 0 Å². The number of fused-ring (bicyclic) bond motifs is 1. The van der Waals surface area contributed by atoms with Crippen molar-refractivity contribution in [3.05, 3.63) is 65.6 Å². The van der Waals surface area contributed by atoms with Gasteiger partial charge in [-0.1, -0.05) is 40.2 Å². The van der Waals surface area contributed by atoms with Gasteiger partial charge in [-0.15, -0.1) is 5.10 Å². The molecule has 1 unspecified atom stereocenters. The van der Waals surface area contributed by atoms with Gasteiger partial charge >= 0.3 is 0 Å². The van der Waals surface area contributed by atoms with Gasteiger partial charge in [0.15, 0.2) is 5.69 Å². The van der Waals surface area contributed by atoms with Gasteiger partial charge in [0.25, 0.3) is 5.89 Å². The SMILES string of the molecule is Cc1ccc(C2Cn3nnc(-c4noc(-c5ccncc5)n4)c3CO2)cc1. The fraction of sp³-hybridized carbons (Fsp3) is 0.211. The van der Waals surface area contributed by atoms with Crippen molar-refractivity contribution < 1.29 is 9.26 Å². The van der Waals surface area contributed by atoms with E-state index in [4.69, 9.17) is 9.26 Å². The minimum absolute atomic E-state index is 0.0507. The van der Waals surface area contributed by atoms with E-state index in [9.17, 15) is 0 Å². The van der Waals surface area contributed by atoms with Crippen LogP contribution in [0.15, 0.2) is 53.3 Å². The third-order valence-corrected chi connectivity index (χ3v) is 4.61. The first-order valence-electron chi connectivity index (χ1n) is 8.63. The van der Waals surface area contributed by atoms with E-state index >= 15 is 0 Å². The summed E-state index contributed by atoms with van der Waals surface area (Å²) >= 11 is 0. The van der Waals surface area contributed by atoms with E-state index < -0.39 is 0 Å². The molecule has 1 aliphatic rings. The Morgan fingerprint density at radius 2 is 1.89 bits per heavy atom. The Bertz CT molecular complexity index is 1070. The molecule has 1 atom stereocenters. The number of aromatic nitrogens is 6. The Hall–Kier alpha value is -3.39. The minimum Gasteiger partial charge on any atom is -0.365 e. The second-order valence-electron chi connectivity index (χ2n) is 6.44. The first-order chi connectivity index (χ1) is 13.3. The quantitative estimate of drug-likeness (QED) is 0.554. The molecule has 1 aliphatic heterocycles. The van der Waals surface area contributed by atoms with Crippen LogP contribution in [0.3, 0.4) is 0 Å². The van der Waals surface area contributed by atoms with Gasteiger partial charge in [0, 0.05) is 18.0 Å². The summed E-state index contributed by atoms with van der Waals surface area (Å²) in [6, 6.07) is 12.0. The molecule has 0 amide bonds.